The number of nitrogens with zero attached hydrogens (tertiary/aromatic N) is 3. The Balaban J connectivity index is 2.01. The number of carbonyl (C=O) groups is 2. The fraction of sp³-hybridized carbons (Fsp3) is 0.105. The number of nitriles is 1. The van der Waals surface area contributed by atoms with Gasteiger partial charge in [0, 0.05) is 17.8 Å². The Bertz CT molecular complexity index is 1080. The molecule has 1 fully saturated rings. The molecule has 1 atom stereocenters. The van der Waals surface area contributed by atoms with Crippen LogP contribution in [0.4, 0.5) is 15.8 Å². The molecule has 10 heteroatoms. The standard InChI is InChI=1S/C19H13FN4O4S/c20-12-4-6-13(7-5-12)23-18(26)16(29-19(23)15(10-21)17(22)25)9-11-2-1-3-14(8-11)24(27)28/h1-8,16H,9H2,(H2,22,25)/b19-15-/t16-/m1/s1. The van der Waals surface area contributed by atoms with Crippen molar-refractivity contribution in [2.45, 2.75) is 11.7 Å². The molecule has 0 saturated carbocycles. The van der Waals surface area contributed by atoms with Gasteiger partial charge in [-0.2, -0.15) is 5.26 Å². The highest BCUT2D eigenvalue weighted by Crippen LogP contribution is 2.42. The number of carbonyl (C=O) groups excluding carboxylic acids is 2. The third-order valence-corrected chi connectivity index (χ3v) is 5.41. The smallest absolute Gasteiger partial charge is 0.269 e. The zero-order chi connectivity index (χ0) is 21.1. The summed E-state index contributed by atoms with van der Waals surface area (Å²) in [5, 5.41) is 19.6. The van der Waals surface area contributed by atoms with Crippen LogP contribution in [-0.4, -0.2) is 22.0 Å². The maximum Gasteiger partial charge on any atom is 0.269 e. The third kappa shape index (κ3) is 4.09. The van der Waals surface area contributed by atoms with Crippen molar-refractivity contribution in [3.05, 3.63) is 80.6 Å². The molecule has 1 saturated heterocycles. The topological polar surface area (TPSA) is 130 Å². The summed E-state index contributed by atoms with van der Waals surface area (Å²) in [7, 11) is 0. The second kappa shape index (κ2) is 8.12. The fourth-order valence-electron chi connectivity index (χ4n) is 2.84. The molecule has 146 valence electrons. The third-order valence-electron chi connectivity index (χ3n) is 4.15. The van der Waals surface area contributed by atoms with Gasteiger partial charge < -0.3 is 5.73 Å². The molecular weight excluding hydrogens is 399 g/mol. The average Bonchev–Trinajstić information content (AvgIpc) is 2.99. The largest absolute Gasteiger partial charge is 0.365 e. The minimum Gasteiger partial charge on any atom is -0.365 e. The number of amides is 2. The number of halogens is 1. The molecule has 0 radical (unpaired) electrons. The van der Waals surface area contributed by atoms with Crippen LogP contribution in [-0.2, 0) is 16.0 Å². The van der Waals surface area contributed by atoms with Crippen molar-refractivity contribution in [1.29, 1.82) is 5.26 Å². The summed E-state index contributed by atoms with van der Waals surface area (Å²) in [6.45, 7) is 0. The van der Waals surface area contributed by atoms with Crippen LogP contribution in [0.15, 0.2) is 59.1 Å². The molecule has 0 aromatic heterocycles. The van der Waals surface area contributed by atoms with E-state index >= 15 is 0 Å². The van der Waals surface area contributed by atoms with Crippen LogP contribution in [0.3, 0.4) is 0 Å². The summed E-state index contributed by atoms with van der Waals surface area (Å²) in [4.78, 5) is 36.3. The lowest BCUT2D eigenvalue weighted by Crippen LogP contribution is -2.31. The van der Waals surface area contributed by atoms with Crippen LogP contribution in [0, 0.1) is 27.3 Å². The van der Waals surface area contributed by atoms with Gasteiger partial charge in [-0.25, -0.2) is 4.39 Å². The van der Waals surface area contributed by atoms with Gasteiger partial charge in [-0.15, -0.1) is 0 Å². The lowest BCUT2D eigenvalue weighted by Gasteiger charge is -2.18. The second-order valence-electron chi connectivity index (χ2n) is 6.04. The molecule has 2 aromatic carbocycles. The Morgan fingerprint density at radius 3 is 2.59 bits per heavy atom. The van der Waals surface area contributed by atoms with E-state index in [1.165, 1.54) is 30.3 Å². The van der Waals surface area contributed by atoms with Crippen LogP contribution in [0.1, 0.15) is 5.56 Å². The number of nitro benzene ring substituents is 1. The summed E-state index contributed by atoms with van der Waals surface area (Å²) >= 11 is 0.965. The normalized spacial score (nSPS) is 17.7. The molecule has 0 bridgehead atoms. The first-order valence-corrected chi connectivity index (χ1v) is 9.13. The average molecular weight is 412 g/mol. The van der Waals surface area contributed by atoms with E-state index in [2.05, 4.69) is 0 Å². The maximum absolute atomic E-state index is 13.3. The summed E-state index contributed by atoms with van der Waals surface area (Å²) in [5.74, 6) is -1.95. The number of primary amides is 1. The van der Waals surface area contributed by atoms with E-state index in [-0.39, 0.29) is 22.8 Å². The molecule has 1 heterocycles. The predicted molar refractivity (Wildman–Crippen MR) is 104 cm³/mol. The Hall–Kier alpha value is -3.71. The van der Waals surface area contributed by atoms with Gasteiger partial charge in [-0.05, 0) is 36.2 Å². The van der Waals surface area contributed by atoms with Crippen LogP contribution < -0.4 is 10.6 Å². The van der Waals surface area contributed by atoms with E-state index in [9.17, 15) is 29.4 Å². The number of benzene rings is 2. The SMILES string of the molecule is N#C/C(C(N)=O)=C1/S[C@H](Cc2cccc([N+](=O)[O-])c2)C(=O)N1c1ccc(F)cc1. The van der Waals surface area contributed by atoms with Crippen LogP contribution >= 0.6 is 11.8 Å². The number of anilines is 1. The maximum atomic E-state index is 13.3. The fourth-order valence-corrected chi connectivity index (χ4v) is 4.15. The van der Waals surface area contributed by atoms with Crippen molar-refractivity contribution in [2.75, 3.05) is 4.90 Å². The van der Waals surface area contributed by atoms with E-state index in [0.717, 1.165) is 28.8 Å². The highest BCUT2D eigenvalue weighted by molar-refractivity contribution is 8.05. The number of rotatable bonds is 5. The van der Waals surface area contributed by atoms with Gasteiger partial charge in [0.05, 0.1) is 10.2 Å². The monoisotopic (exact) mass is 412 g/mol. The van der Waals surface area contributed by atoms with Crippen molar-refractivity contribution >= 4 is 35.0 Å². The van der Waals surface area contributed by atoms with Gasteiger partial charge in [0.2, 0.25) is 5.91 Å². The molecule has 1 aliphatic heterocycles. The van der Waals surface area contributed by atoms with Gasteiger partial charge >= 0.3 is 0 Å². The van der Waals surface area contributed by atoms with Crippen molar-refractivity contribution in [2.24, 2.45) is 5.73 Å². The number of thioether (sulfide) groups is 1. The Morgan fingerprint density at radius 1 is 1.31 bits per heavy atom. The van der Waals surface area contributed by atoms with Crippen molar-refractivity contribution < 1.29 is 18.9 Å². The van der Waals surface area contributed by atoms with Crippen LogP contribution in [0.5, 0.6) is 0 Å². The van der Waals surface area contributed by atoms with Crippen LogP contribution in [0.2, 0.25) is 0 Å². The van der Waals surface area contributed by atoms with Gasteiger partial charge in [0.1, 0.15) is 22.5 Å². The van der Waals surface area contributed by atoms with E-state index in [1.54, 1.807) is 12.1 Å². The van der Waals surface area contributed by atoms with Crippen molar-refractivity contribution in [3.63, 3.8) is 0 Å². The van der Waals surface area contributed by atoms with E-state index in [0.29, 0.717) is 5.56 Å². The molecular formula is C19H13FN4O4S. The number of nitrogens with two attached hydrogens (primary N) is 1. The van der Waals surface area contributed by atoms with Gasteiger partial charge in [-0.3, -0.25) is 24.6 Å². The number of non-ortho nitro benzene ring substituents is 1. The molecule has 2 amide bonds. The Morgan fingerprint density at radius 2 is 2.00 bits per heavy atom. The van der Waals surface area contributed by atoms with E-state index in [1.807, 2.05) is 0 Å². The quantitative estimate of drug-likeness (QED) is 0.348. The first-order chi connectivity index (χ1) is 13.8. The number of hydrogen-bond donors (Lipinski definition) is 1. The molecule has 0 aliphatic carbocycles. The lowest BCUT2D eigenvalue weighted by atomic mass is 10.1. The van der Waals surface area contributed by atoms with Crippen LogP contribution in [0.25, 0.3) is 0 Å². The highest BCUT2D eigenvalue weighted by atomic mass is 32.2. The molecule has 29 heavy (non-hydrogen) atoms. The van der Waals surface area contributed by atoms with Crippen molar-refractivity contribution in [1.82, 2.24) is 0 Å². The lowest BCUT2D eigenvalue weighted by molar-refractivity contribution is -0.384. The zero-order valence-corrected chi connectivity index (χ0v) is 15.6. The Labute approximate surface area is 168 Å². The van der Waals surface area contributed by atoms with Gasteiger partial charge in [-0.1, -0.05) is 23.9 Å². The molecule has 0 spiro atoms. The first kappa shape index (κ1) is 20.0. The molecule has 2 N–H and O–H groups in total. The van der Waals surface area contributed by atoms with Crippen molar-refractivity contribution in [3.8, 4) is 6.07 Å². The molecule has 1 aliphatic rings. The summed E-state index contributed by atoms with van der Waals surface area (Å²) in [6.07, 6.45) is 0.129. The minimum absolute atomic E-state index is 0.0482. The number of nitro groups is 1. The summed E-state index contributed by atoms with van der Waals surface area (Å²) in [6, 6.07) is 12.5. The Kier molecular flexibility index (Phi) is 5.61. The van der Waals surface area contributed by atoms with E-state index < -0.39 is 33.4 Å². The second-order valence-corrected chi connectivity index (χ2v) is 7.24. The minimum atomic E-state index is -0.995. The molecule has 8 nitrogen and oxygen atoms in total. The summed E-state index contributed by atoms with van der Waals surface area (Å²) < 4.78 is 13.3. The molecule has 3 rings (SSSR count). The van der Waals surface area contributed by atoms with Gasteiger partial charge in [0.25, 0.3) is 11.6 Å². The molecule has 0 unspecified atom stereocenters. The highest BCUT2D eigenvalue weighted by Gasteiger charge is 2.40. The number of hydrogen-bond acceptors (Lipinski definition) is 6. The predicted octanol–water partition coefficient (Wildman–Crippen LogP) is 2.65. The van der Waals surface area contributed by atoms with E-state index in [4.69, 9.17) is 5.73 Å². The first-order valence-electron chi connectivity index (χ1n) is 8.25. The van der Waals surface area contributed by atoms with Gasteiger partial charge in [0.15, 0.2) is 0 Å². The zero-order valence-electron chi connectivity index (χ0n) is 14.7. The summed E-state index contributed by atoms with van der Waals surface area (Å²) in [5.41, 5.74) is 5.59. The molecule has 2 aromatic rings.